The molecule has 0 fully saturated rings. The van der Waals surface area contributed by atoms with E-state index in [4.69, 9.17) is 0 Å². The van der Waals surface area contributed by atoms with Crippen molar-refractivity contribution in [2.24, 2.45) is 13.0 Å². The van der Waals surface area contributed by atoms with Crippen molar-refractivity contribution in [3.63, 3.8) is 0 Å². The molecule has 0 spiro atoms. The van der Waals surface area contributed by atoms with E-state index >= 15 is 0 Å². The summed E-state index contributed by atoms with van der Waals surface area (Å²) in [6.45, 7) is 0.537. The molecule has 1 aliphatic rings. The first-order valence-corrected chi connectivity index (χ1v) is 7.59. The average molecular weight is 296 g/mol. The molecule has 0 aliphatic heterocycles. The summed E-state index contributed by atoms with van der Waals surface area (Å²) in [5.41, 5.74) is 2.90. The second kappa shape index (κ2) is 6.56. The Morgan fingerprint density at radius 2 is 2.36 bits per heavy atom. The molecule has 0 aromatic carbocycles. The summed E-state index contributed by atoms with van der Waals surface area (Å²) in [4.78, 5) is 16.5. The summed E-state index contributed by atoms with van der Waals surface area (Å²) in [5.74, 6) is 0.258. The van der Waals surface area contributed by atoms with Crippen molar-refractivity contribution < 1.29 is 4.79 Å². The van der Waals surface area contributed by atoms with E-state index in [-0.39, 0.29) is 11.8 Å². The van der Waals surface area contributed by atoms with Crippen molar-refractivity contribution in [3.05, 3.63) is 48.4 Å². The number of carbonyl (C=O) groups excluding carboxylic acids is 1. The van der Waals surface area contributed by atoms with Gasteiger partial charge in [-0.25, -0.2) is 0 Å². The number of nitrogens with zero attached hydrogens (tertiary/aromatic N) is 3. The summed E-state index contributed by atoms with van der Waals surface area (Å²) >= 11 is 0. The Hall–Kier alpha value is -2.43. The van der Waals surface area contributed by atoms with Gasteiger partial charge in [0, 0.05) is 37.5 Å². The third kappa shape index (κ3) is 3.42. The van der Waals surface area contributed by atoms with Crippen LogP contribution in [0.25, 0.3) is 11.3 Å². The second-order valence-corrected chi connectivity index (χ2v) is 5.65. The third-order valence-corrected chi connectivity index (χ3v) is 3.93. The van der Waals surface area contributed by atoms with Gasteiger partial charge in [-0.05, 0) is 37.0 Å². The van der Waals surface area contributed by atoms with Gasteiger partial charge in [-0.3, -0.25) is 14.5 Å². The standard InChI is InChI=1S/C17H20N4O/c1-21-12-15(11-20-21)16-9-13(7-8-18-16)10-19-17(22)14-5-3-2-4-6-14/h2-3,7-9,11-12,14H,4-6,10H2,1H3,(H,19,22)/t14-/m1/s1. The van der Waals surface area contributed by atoms with Crippen molar-refractivity contribution in [2.75, 3.05) is 0 Å². The predicted octanol–water partition coefficient (Wildman–Crippen LogP) is 2.45. The molecule has 114 valence electrons. The topological polar surface area (TPSA) is 59.8 Å². The maximum Gasteiger partial charge on any atom is 0.223 e. The lowest BCUT2D eigenvalue weighted by atomic mass is 9.93. The second-order valence-electron chi connectivity index (χ2n) is 5.65. The van der Waals surface area contributed by atoms with Crippen LogP contribution in [-0.2, 0) is 18.4 Å². The molecule has 1 amide bonds. The van der Waals surface area contributed by atoms with E-state index in [1.165, 1.54) is 0 Å². The fourth-order valence-electron chi connectivity index (χ4n) is 2.66. The van der Waals surface area contributed by atoms with Gasteiger partial charge in [0.15, 0.2) is 0 Å². The Labute approximate surface area is 130 Å². The van der Waals surface area contributed by atoms with E-state index < -0.39 is 0 Å². The number of rotatable bonds is 4. The highest BCUT2D eigenvalue weighted by molar-refractivity contribution is 5.79. The van der Waals surface area contributed by atoms with E-state index in [2.05, 4.69) is 27.6 Å². The van der Waals surface area contributed by atoms with Crippen LogP contribution < -0.4 is 5.32 Å². The van der Waals surface area contributed by atoms with Crippen LogP contribution in [0.4, 0.5) is 0 Å². The quantitative estimate of drug-likeness (QED) is 0.882. The first-order valence-electron chi connectivity index (χ1n) is 7.59. The molecule has 1 N–H and O–H groups in total. The minimum Gasteiger partial charge on any atom is -0.352 e. The highest BCUT2D eigenvalue weighted by Gasteiger charge is 2.18. The highest BCUT2D eigenvalue weighted by atomic mass is 16.1. The third-order valence-electron chi connectivity index (χ3n) is 3.93. The number of hydrogen-bond acceptors (Lipinski definition) is 3. The van der Waals surface area contributed by atoms with Crippen molar-refractivity contribution in [1.29, 1.82) is 0 Å². The first-order chi connectivity index (χ1) is 10.7. The minimum absolute atomic E-state index is 0.115. The van der Waals surface area contributed by atoms with Crippen molar-refractivity contribution in [1.82, 2.24) is 20.1 Å². The molecule has 5 heteroatoms. The van der Waals surface area contributed by atoms with Gasteiger partial charge >= 0.3 is 0 Å². The molecule has 0 radical (unpaired) electrons. The van der Waals surface area contributed by atoms with E-state index in [9.17, 15) is 4.79 Å². The van der Waals surface area contributed by atoms with Crippen LogP contribution in [-0.4, -0.2) is 20.7 Å². The number of allylic oxidation sites excluding steroid dienone is 2. The summed E-state index contributed by atoms with van der Waals surface area (Å²) in [6.07, 6.45) is 12.5. The number of nitrogens with one attached hydrogen (secondary N) is 1. The fourth-order valence-corrected chi connectivity index (χ4v) is 2.66. The van der Waals surface area contributed by atoms with Crippen LogP contribution in [0.1, 0.15) is 24.8 Å². The lowest BCUT2D eigenvalue weighted by molar-refractivity contribution is -0.125. The van der Waals surface area contributed by atoms with Gasteiger partial charge in [0.25, 0.3) is 0 Å². The Balaban J connectivity index is 1.63. The van der Waals surface area contributed by atoms with Crippen molar-refractivity contribution in [2.45, 2.75) is 25.8 Å². The molecule has 2 aromatic rings. The number of aryl methyl sites for hydroxylation is 1. The van der Waals surface area contributed by atoms with Crippen LogP contribution in [0, 0.1) is 5.92 Å². The molecule has 1 aliphatic carbocycles. The molecule has 2 heterocycles. The molecular weight excluding hydrogens is 276 g/mol. The van der Waals surface area contributed by atoms with Crippen LogP contribution >= 0.6 is 0 Å². The zero-order valence-electron chi connectivity index (χ0n) is 12.7. The molecule has 22 heavy (non-hydrogen) atoms. The van der Waals surface area contributed by atoms with Crippen LogP contribution in [0.3, 0.4) is 0 Å². The van der Waals surface area contributed by atoms with E-state index in [1.807, 2.05) is 25.4 Å². The Bertz CT molecular complexity index is 689. The molecule has 0 saturated heterocycles. The van der Waals surface area contributed by atoms with Gasteiger partial charge in [0.2, 0.25) is 5.91 Å². The van der Waals surface area contributed by atoms with E-state index in [0.29, 0.717) is 6.54 Å². The average Bonchev–Trinajstić information content (AvgIpc) is 3.00. The highest BCUT2D eigenvalue weighted by Crippen LogP contribution is 2.19. The molecule has 5 nitrogen and oxygen atoms in total. The normalized spacial score (nSPS) is 17.4. The van der Waals surface area contributed by atoms with Gasteiger partial charge in [-0.1, -0.05) is 12.2 Å². The maximum atomic E-state index is 12.2. The van der Waals surface area contributed by atoms with Crippen LogP contribution in [0.15, 0.2) is 42.9 Å². The van der Waals surface area contributed by atoms with Crippen LogP contribution in [0.5, 0.6) is 0 Å². The summed E-state index contributed by atoms with van der Waals surface area (Å²) in [5, 5.41) is 7.19. The summed E-state index contributed by atoms with van der Waals surface area (Å²) in [6, 6.07) is 3.93. The van der Waals surface area contributed by atoms with Gasteiger partial charge in [-0.2, -0.15) is 5.10 Å². The molecule has 1 atom stereocenters. The summed E-state index contributed by atoms with van der Waals surface area (Å²) in [7, 11) is 1.88. The Morgan fingerprint density at radius 1 is 1.45 bits per heavy atom. The first kappa shape index (κ1) is 14.5. The zero-order valence-corrected chi connectivity index (χ0v) is 12.7. The zero-order chi connectivity index (χ0) is 15.4. The SMILES string of the molecule is Cn1cc(-c2cc(CNC(=O)[C@@H]3CC=CCC3)ccn2)cn1. The van der Waals surface area contributed by atoms with Crippen molar-refractivity contribution >= 4 is 5.91 Å². The molecule has 2 aromatic heterocycles. The monoisotopic (exact) mass is 296 g/mol. The number of hydrogen-bond donors (Lipinski definition) is 1. The predicted molar refractivity (Wildman–Crippen MR) is 84.8 cm³/mol. The van der Waals surface area contributed by atoms with Crippen molar-refractivity contribution in [3.8, 4) is 11.3 Å². The van der Waals surface area contributed by atoms with Gasteiger partial charge < -0.3 is 5.32 Å². The van der Waals surface area contributed by atoms with Crippen LogP contribution in [0.2, 0.25) is 0 Å². The Kier molecular flexibility index (Phi) is 4.32. The maximum absolute atomic E-state index is 12.2. The molecule has 0 bridgehead atoms. The lowest BCUT2D eigenvalue weighted by Gasteiger charge is -2.17. The largest absolute Gasteiger partial charge is 0.352 e. The number of pyridine rings is 1. The number of aromatic nitrogens is 3. The molecular formula is C17H20N4O. The van der Waals surface area contributed by atoms with Gasteiger partial charge in [0.05, 0.1) is 11.9 Å². The molecule has 3 rings (SSSR count). The lowest BCUT2D eigenvalue weighted by Crippen LogP contribution is -2.30. The molecule has 0 saturated carbocycles. The van der Waals surface area contributed by atoms with E-state index in [0.717, 1.165) is 36.1 Å². The Morgan fingerprint density at radius 3 is 3.09 bits per heavy atom. The number of amides is 1. The smallest absolute Gasteiger partial charge is 0.223 e. The minimum atomic E-state index is 0.115. The van der Waals surface area contributed by atoms with Gasteiger partial charge in [0.1, 0.15) is 0 Å². The fraction of sp³-hybridized carbons (Fsp3) is 0.353. The summed E-state index contributed by atoms with van der Waals surface area (Å²) < 4.78 is 1.75. The van der Waals surface area contributed by atoms with Gasteiger partial charge in [-0.15, -0.1) is 0 Å². The number of carbonyl (C=O) groups is 1. The molecule has 0 unspecified atom stereocenters. The van der Waals surface area contributed by atoms with E-state index in [1.54, 1.807) is 17.1 Å².